The number of amides is 1. The van der Waals surface area contributed by atoms with E-state index in [2.05, 4.69) is 25.7 Å². The number of anilines is 1. The van der Waals surface area contributed by atoms with Crippen LogP contribution < -0.4 is 5.32 Å². The van der Waals surface area contributed by atoms with Gasteiger partial charge >= 0.3 is 5.97 Å². The molecule has 2 aromatic heterocycles. The maximum Gasteiger partial charge on any atom is 0.313 e. The Balaban J connectivity index is 1.78. The smallest absolute Gasteiger partial charge is 0.313 e. The molecule has 1 amide bonds. The van der Waals surface area contributed by atoms with Gasteiger partial charge in [0, 0.05) is 12.8 Å². The third-order valence-electron chi connectivity index (χ3n) is 2.11. The molecule has 0 spiro atoms. The summed E-state index contributed by atoms with van der Waals surface area (Å²) in [6, 6.07) is 0. The topological polar surface area (TPSA) is 131 Å². The lowest BCUT2D eigenvalue weighted by Gasteiger charge is -1.97. The number of nitrogens with zero attached hydrogens (tertiary/aromatic N) is 4. The van der Waals surface area contributed by atoms with Gasteiger partial charge < -0.3 is 14.9 Å². The van der Waals surface area contributed by atoms with Gasteiger partial charge in [-0.25, -0.2) is 0 Å². The van der Waals surface area contributed by atoms with Gasteiger partial charge in [-0.15, -0.1) is 10.2 Å². The first-order valence-corrected chi connectivity index (χ1v) is 7.60. The summed E-state index contributed by atoms with van der Waals surface area (Å²) in [6.45, 7) is 1.70. The monoisotopic (exact) mass is 329 g/mol. The van der Waals surface area contributed by atoms with Gasteiger partial charge in [0.25, 0.3) is 0 Å². The van der Waals surface area contributed by atoms with Crippen molar-refractivity contribution in [3.63, 3.8) is 0 Å². The molecule has 2 heterocycles. The standard InChI is InChI=1S/C10H11N5O4S2/c1-5-11-7(19-15-5)3-2-6(16)12-9-13-14-10(21-9)20-4-8(17)18/h2-4H2,1H3,(H,17,18)(H,12,13,16). The first-order chi connectivity index (χ1) is 10.0. The Hall–Kier alpha value is -2.01. The normalized spacial score (nSPS) is 10.5. The molecule has 0 saturated heterocycles. The van der Waals surface area contributed by atoms with Gasteiger partial charge in [0.1, 0.15) is 0 Å². The van der Waals surface area contributed by atoms with Crippen LogP contribution >= 0.6 is 23.1 Å². The van der Waals surface area contributed by atoms with E-state index in [4.69, 9.17) is 9.63 Å². The predicted octanol–water partition coefficient (Wildman–Crippen LogP) is 0.978. The fourth-order valence-electron chi connectivity index (χ4n) is 1.29. The van der Waals surface area contributed by atoms with Crippen molar-refractivity contribution >= 4 is 40.1 Å². The summed E-state index contributed by atoms with van der Waals surface area (Å²) in [5.41, 5.74) is 0. The molecule has 0 bridgehead atoms. The minimum Gasteiger partial charge on any atom is -0.481 e. The van der Waals surface area contributed by atoms with Crippen LogP contribution in [-0.2, 0) is 16.0 Å². The molecule has 0 fully saturated rings. The molecule has 0 radical (unpaired) electrons. The van der Waals surface area contributed by atoms with Crippen molar-refractivity contribution in [1.82, 2.24) is 20.3 Å². The van der Waals surface area contributed by atoms with Crippen LogP contribution in [0.15, 0.2) is 8.86 Å². The molecule has 11 heteroatoms. The first kappa shape index (κ1) is 15.4. The van der Waals surface area contributed by atoms with Gasteiger partial charge in [-0.3, -0.25) is 9.59 Å². The summed E-state index contributed by atoms with van der Waals surface area (Å²) in [4.78, 5) is 26.1. The lowest BCUT2D eigenvalue weighted by Crippen LogP contribution is -2.12. The zero-order valence-corrected chi connectivity index (χ0v) is 12.5. The summed E-state index contributed by atoms with van der Waals surface area (Å²) >= 11 is 2.17. The second-order valence-corrected chi connectivity index (χ2v) is 6.04. The Morgan fingerprint density at radius 2 is 2.24 bits per heavy atom. The molecule has 0 saturated carbocycles. The number of nitrogens with one attached hydrogen (secondary N) is 1. The van der Waals surface area contributed by atoms with Gasteiger partial charge in [-0.2, -0.15) is 4.98 Å². The third kappa shape index (κ3) is 5.11. The zero-order valence-electron chi connectivity index (χ0n) is 10.9. The fourth-order valence-corrected chi connectivity index (χ4v) is 2.77. The van der Waals surface area contributed by atoms with Gasteiger partial charge in [0.15, 0.2) is 10.2 Å². The number of carboxylic acids is 1. The van der Waals surface area contributed by atoms with Crippen molar-refractivity contribution in [1.29, 1.82) is 0 Å². The molecular formula is C10H11N5O4S2. The second kappa shape index (κ2) is 7.13. The quantitative estimate of drug-likeness (QED) is 0.563. The van der Waals surface area contributed by atoms with Crippen LogP contribution in [-0.4, -0.2) is 43.1 Å². The van der Waals surface area contributed by atoms with Crippen LogP contribution in [0.4, 0.5) is 5.13 Å². The van der Waals surface area contributed by atoms with Crippen molar-refractivity contribution in [3.8, 4) is 0 Å². The molecule has 2 N–H and O–H groups in total. The van der Waals surface area contributed by atoms with Crippen LogP contribution in [0.3, 0.4) is 0 Å². The maximum absolute atomic E-state index is 11.7. The van der Waals surface area contributed by atoms with Crippen LogP contribution in [0.2, 0.25) is 0 Å². The SMILES string of the molecule is Cc1noc(CCC(=O)Nc2nnc(SCC(=O)O)s2)n1. The average Bonchev–Trinajstić information content (AvgIpc) is 3.03. The van der Waals surface area contributed by atoms with Crippen molar-refractivity contribution in [2.24, 2.45) is 0 Å². The summed E-state index contributed by atoms with van der Waals surface area (Å²) in [7, 11) is 0. The lowest BCUT2D eigenvalue weighted by molar-refractivity contribution is -0.133. The predicted molar refractivity (Wildman–Crippen MR) is 74.3 cm³/mol. The van der Waals surface area contributed by atoms with E-state index < -0.39 is 5.97 Å². The molecule has 112 valence electrons. The third-order valence-corrected chi connectivity index (χ3v) is 4.06. The minimum atomic E-state index is -0.935. The molecule has 21 heavy (non-hydrogen) atoms. The van der Waals surface area contributed by atoms with E-state index in [0.29, 0.717) is 27.6 Å². The highest BCUT2D eigenvalue weighted by Gasteiger charge is 2.11. The minimum absolute atomic E-state index is 0.0981. The first-order valence-electron chi connectivity index (χ1n) is 5.80. The number of carbonyl (C=O) groups excluding carboxylic acids is 1. The number of rotatable bonds is 7. The molecule has 0 aliphatic carbocycles. The number of aryl methyl sites for hydroxylation is 2. The highest BCUT2D eigenvalue weighted by Crippen LogP contribution is 2.25. The van der Waals surface area contributed by atoms with Gasteiger partial charge in [0.05, 0.1) is 5.75 Å². The summed E-state index contributed by atoms with van der Waals surface area (Å²) in [5.74, 6) is -0.362. The van der Waals surface area contributed by atoms with Crippen molar-refractivity contribution in [2.45, 2.75) is 24.1 Å². The van der Waals surface area contributed by atoms with Crippen LogP contribution in [0, 0.1) is 6.92 Å². The molecule has 0 unspecified atom stereocenters. The summed E-state index contributed by atoms with van der Waals surface area (Å²) in [6.07, 6.45) is 0.519. The van der Waals surface area contributed by atoms with Gasteiger partial charge in [0.2, 0.25) is 16.9 Å². The van der Waals surface area contributed by atoms with E-state index in [0.717, 1.165) is 23.1 Å². The second-order valence-electron chi connectivity index (χ2n) is 3.84. The van der Waals surface area contributed by atoms with E-state index in [9.17, 15) is 9.59 Å². The van der Waals surface area contributed by atoms with Crippen LogP contribution in [0.25, 0.3) is 0 Å². The number of hydrogen-bond acceptors (Lipinski definition) is 9. The van der Waals surface area contributed by atoms with Gasteiger partial charge in [-0.05, 0) is 6.92 Å². The number of hydrogen-bond donors (Lipinski definition) is 2. The Labute approximate surface area is 127 Å². The summed E-state index contributed by atoms with van der Waals surface area (Å²) < 4.78 is 5.38. The van der Waals surface area contributed by atoms with E-state index in [1.165, 1.54) is 0 Å². The average molecular weight is 329 g/mol. The Kier molecular flexibility index (Phi) is 5.22. The Bertz CT molecular complexity index is 641. The summed E-state index contributed by atoms with van der Waals surface area (Å²) in [5, 5.41) is 22.6. The van der Waals surface area contributed by atoms with E-state index >= 15 is 0 Å². The Morgan fingerprint density at radius 1 is 1.43 bits per heavy atom. The van der Waals surface area contributed by atoms with E-state index in [1.807, 2.05) is 0 Å². The van der Waals surface area contributed by atoms with Crippen LogP contribution in [0.5, 0.6) is 0 Å². The molecule has 0 atom stereocenters. The van der Waals surface area contributed by atoms with E-state index in [1.54, 1.807) is 6.92 Å². The number of thioether (sulfide) groups is 1. The largest absolute Gasteiger partial charge is 0.481 e. The fraction of sp³-hybridized carbons (Fsp3) is 0.400. The molecule has 2 aromatic rings. The van der Waals surface area contributed by atoms with E-state index in [-0.39, 0.29) is 18.1 Å². The number of carboxylic acid groups (broad SMARTS) is 1. The number of aromatic nitrogens is 4. The zero-order chi connectivity index (χ0) is 15.2. The molecule has 2 rings (SSSR count). The number of carbonyl (C=O) groups is 2. The van der Waals surface area contributed by atoms with Crippen molar-refractivity contribution < 1.29 is 19.2 Å². The highest BCUT2D eigenvalue weighted by molar-refractivity contribution is 8.01. The maximum atomic E-state index is 11.7. The lowest BCUT2D eigenvalue weighted by atomic mass is 10.3. The van der Waals surface area contributed by atoms with Gasteiger partial charge in [-0.1, -0.05) is 28.3 Å². The highest BCUT2D eigenvalue weighted by atomic mass is 32.2. The molecule has 0 aliphatic heterocycles. The van der Waals surface area contributed by atoms with Crippen molar-refractivity contribution in [3.05, 3.63) is 11.7 Å². The molecule has 0 aliphatic rings. The van der Waals surface area contributed by atoms with Crippen LogP contribution in [0.1, 0.15) is 18.1 Å². The molecular weight excluding hydrogens is 318 g/mol. The molecule has 0 aromatic carbocycles. The number of aliphatic carboxylic acids is 1. The Morgan fingerprint density at radius 3 is 2.90 bits per heavy atom. The van der Waals surface area contributed by atoms with Crippen molar-refractivity contribution in [2.75, 3.05) is 11.1 Å². The molecule has 9 nitrogen and oxygen atoms in total.